The second-order valence-electron chi connectivity index (χ2n) is 5.24. The minimum atomic E-state index is -1.14. The molecule has 1 aromatic rings. The molecule has 9 heteroatoms. The number of carboxylic acids is 1. The number of aryl methyl sites for hydroxylation is 1. The summed E-state index contributed by atoms with van der Waals surface area (Å²) < 4.78 is 0. The van der Waals surface area contributed by atoms with Crippen LogP contribution in [0.5, 0.6) is 0 Å². The molecule has 0 unspecified atom stereocenters. The number of nitrogens with one attached hydrogen (secondary N) is 2. The van der Waals surface area contributed by atoms with Crippen LogP contribution in [0.1, 0.15) is 27.7 Å². The van der Waals surface area contributed by atoms with Crippen molar-refractivity contribution in [2.45, 2.75) is 33.2 Å². The summed E-state index contributed by atoms with van der Waals surface area (Å²) in [4.78, 5) is 24.2. The van der Waals surface area contributed by atoms with Crippen molar-refractivity contribution in [3.63, 3.8) is 0 Å². The van der Waals surface area contributed by atoms with Crippen molar-refractivity contribution in [2.75, 3.05) is 5.32 Å². The van der Waals surface area contributed by atoms with Crippen LogP contribution in [0.2, 0.25) is 0 Å². The van der Waals surface area contributed by atoms with Gasteiger partial charge in [0.05, 0.1) is 18.0 Å². The summed E-state index contributed by atoms with van der Waals surface area (Å²) in [6, 6.07) is -0.590. The number of carbonyl (C=O) groups is 2. The molecule has 0 saturated heterocycles. The highest BCUT2D eigenvalue weighted by molar-refractivity contribution is 5.88. The highest BCUT2D eigenvalue weighted by Crippen LogP contribution is 2.30. The van der Waals surface area contributed by atoms with Crippen LogP contribution in [0.3, 0.4) is 0 Å². The van der Waals surface area contributed by atoms with E-state index >= 15 is 0 Å². The molecule has 2 amide bonds. The fourth-order valence-electron chi connectivity index (χ4n) is 1.17. The summed E-state index contributed by atoms with van der Waals surface area (Å²) >= 11 is 0. The first-order valence-electron chi connectivity index (χ1n) is 5.63. The molecule has 0 fully saturated rings. The van der Waals surface area contributed by atoms with E-state index in [1.165, 1.54) is 18.6 Å². The Bertz CT molecular complexity index is 493. The van der Waals surface area contributed by atoms with Gasteiger partial charge in [-0.15, -0.1) is 5.10 Å². The van der Waals surface area contributed by atoms with Crippen molar-refractivity contribution in [3.8, 4) is 0 Å². The zero-order valence-electron chi connectivity index (χ0n) is 11.6. The van der Waals surface area contributed by atoms with Gasteiger partial charge < -0.3 is 10.4 Å². The number of amides is 2. The number of carbonyl (C=O) groups excluding carboxylic acids is 1. The number of urea groups is 1. The number of hydrogen-bond donors (Lipinski definition) is 3. The first-order chi connectivity index (χ1) is 8.56. The molecule has 0 aliphatic carbocycles. The number of hydrogen-bond acceptors (Lipinski definition) is 5. The first kappa shape index (κ1) is 14.9. The van der Waals surface area contributed by atoms with Crippen LogP contribution in [0.15, 0.2) is 0 Å². The van der Waals surface area contributed by atoms with Gasteiger partial charge in [0, 0.05) is 0 Å². The Labute approximate surface area is 110 Å². The molecule has 1 aromatic heterocycles. The minimum Gasteiger partial charge on any atom is -0.481 e. The largest absolute Gasteiger partial charge is 0.481 e. The van der Waals surface area contributed by atoms with Crippen molar-refractivity contribution in [1.82, 2.24) is 25.5 Å². The molecule has 0 aliphatic rings. The summed E-state index contributed by atoms with van der Waals surface area (Å²) in [7, 11) is 1.56. The lowest BCUT2D eigenvalue weighted by atomic mass is 9.74. The maximum Gasteiger partial charge on any atom is 0.322 e. The Morgan fingerprint density at radius 2 is 1.84 bits per heavy atom. The van der Waals surface area contributed by atoms with E-state index in [0.717, 1.165) is 0 Å². The molecular formula is C10H18N6O3. The van der Waals surface area contributed by atoms with Gasteiger partial charge >= 0.3 is 12.0 Å². The van der Waals surface area contributed by atoms with Gasteiger partial charge in [-0.2, -0.15) is 4.80 Å². The standard InChI is InChI=1S/C10H18N6O3/c1-9(2,6(17)18)10(3,4)12-8(19)11-7-13-15-16(5)14-7/h1-5H3,(H,17,18)(H2,11,12,14,19). The van der Waals surface area contributed by atoms with Gasteiger partial charge in [0.1, 0.15) is 0 Å². The van der Waals surface area contributed by atoms with E-state index in [1.54, 1.807) is 20.9 Å². The van der Waals surface area contributed by atoms with E-state index in [1.807, 2.05) is 0 Å². The van der Waals surface area contributed by atoms with Crippen molar-refractivity contribution in [1.29, 1.82) is 0 Å². The van der Waals surface area contributed by atoms with Gasteiger partial charge in [-0.05, 0) is 32.9 Å². The molecule has 3 N–H and O–H groups in total. The van der Waals surface area contributed by atoms with E-state index < -0.39 is 23.0 Å². The van der Waals surface area contributed by atoms with E-state index in [0.29, 0.717) is 0 Å². The Balaban J connectivity index is 2.73. The van der Waals surface area contributed by atoms with Crippen molar-refractivity contribution < 1.29 is 14.7 Å². The van der Waals surface area contributed by atoms with E-state index in [4.69, 9.17) is 0 Å². The third kappa shape index (κ3) is 3.18. The van der Waals surface area contributed by atoms with E-state index in [9.17, 15) is 14.7 Å². The SMILES string of the molecule is Cn1nnc(NC(=O)NC(C)(C)C(C)(C)C(=O)O)n1. The average Bonchev–Trinajstić information content (AvgIpc) is 2.62. The fourth-order valence-corrected chi connectivity index (χ4v) is 1.17. The Morgan fingerprint density at radius 1 is 1.26 bits per heavy atom. The molecule has 0 saturated carbocycles. The molecular weight excluding hydrogens is 252 g/mol. The normalized spacial score (nSPS) is 12.1. The summed E-state index contributed by atoms with van der Waals surface area (Å²) in [5.74, 6) is -0.959. The third-order valence-corrected chi connectivity index (χ3v) is 3.26. The van der Waals surface area contributed by atoms with Gasteiger partial charge in [-0.3, -0.25) is 10.1 Å². The quantitative estimate of drug-likeness (QED) is 0.719. The smallest absolute Gasteiger partial charge is 0.322 e. The molecule has 0 spiro atoms. The maximum atomic E-state index is 11.8. The maximum absolute atomic E-state index is 11.8. The monoisotopic (exact) mass is 270 g/mol. The Hall–Kier alpha value is -2.19. The predicted molar refractivity (Wildman–Crippen MR) is 66.4 cm³/mol. The van der Waals surface area contributed by atoms with Crippen LogP contribution in [-0.2, 0) is 11.8 Å². The lowest BCUT2D eigenvalue weighted by Crippen LogP contribution is -2.57. The molecule has 19 heavy (non-hydrogen) atoms. The molecule has 1 heterocycles. The average molecular weight is 270 g/mol. The van der Waals surface area contributed by atoms with Crippen LogP contribution in [-0.4, -0.2) is 42.9 Å². The zero-order chi connectivity index (χ0) is 14.8. The Kier molecular flexibility index (Phi) is 3.78. The van der Waals surface area contributed by atoms with Gasteiger partial charge in [0.15, 0.2) is 0 Å². The lowest BCUT2D eigenvalue weighted by molar-refractivity contribution is -0.150. The molecule has 106 valence electrons. The molecule has 0 radical (unpaired) electrons. The van der Waals surface area contributed by atoms with Crippen molar-refractivity contribution >= 4 is 17.9 Å². The number of tetrazole rings is 1. The highest BCUT2D eigenvalue weighted by atomic mass is 16.4. The number of aliphatic carboxylic acids is 1. The minimum absolute atomic E-state index is 0.0453. The van der Waals surface area contributed by atoms with Crippen LogP contribution in [0.4, 0.5) is 10.7 Å². The van der Waals surface area contributed by atoms with Crippen molar-refractivity contribution in [2.24, 2.45) is 12.5 Å². The third-order valence-electron chi connectivity index (χ3n) is 3.26. The number of aromatic nitrogens is 4. The molecule has 0 atom stereocenters. The van der Waals surface area contributed by atoms with Crippen molar-refractivity contribution in [3.05, 3.63) is 0 Å². The summed E-state index contributed by atoms with van der Waals surface area (Å²) in [6.07, 6.45) is 0. The molecule has 9 nitrogen and oxygen atoms in total. The predicted octanol–water partition coefficient (Wildman–Crippen LogP) is 0.221. The van der Waals surface area contributed by atoms with Crippen LogP contribution >= 0.6 is 0 Å². The molecule has 0 bridgehead atoms. The number of rotatable bonds is 4. The zero-order valence-corrected chi connectivity index (χ0v) is 11.6. The van der Waals surface area contributed by atoms with Gasteiger partial charge in [0.25, 0.3) is 5.95 Å². The van der Waals surface area contributed by atoms with Crippen LogP contribution < -0.4 is 10.6 Å². The van der Waals surface area contributed by atoms with Crippen LogP contribution in [0, 0.1) is 5.41 Å². The molecule has 1 rings (SSSR count). The second-order valence-corrected chi connectivity index (χ2v) is 5.24. The highest BCUT2D eigenvalue weighted by Gasteiger charge is 2.44. The molecule has 0 aromatic carbocycles. The number of nitrogens with zero attached hydrogens (tertiary/aromatic N) is 4. The number of carboxylic acid groups (broad SMARTS) is 1. The van der Waals surface area contributed by atoms with Gasteiger partial charge in [0.2, 0.25) is 0 Å². The second kappa shape index (κ2) is 4.82. The van der Waals surface area contributed by atoms with Gasteiger partial charge in [-0.25, -0.2) is 4.79 Å². The lowest BCUT2D eigenvalue weighted by Gasteiger charge is -2.38. The van der Waals surface area contributed by atoms with Gasteiger partial charge in [-0.1, -0.05) is 5.10 Å². The molecule has 0 aliphatic heterocycles. The number of anilines is 1. The fraction of sp³-hybridized carbons (Fsp3) is 0.700. The summed E-state index contributed by atoms with van der Waals surface area (Å²) in [5, 5.41) is 25.1. The van der Waals surface area contributed by atoms with Crippen LogP contribution in [0.25, 0.3) is 0 Å². The first-order valence-corrected chi connectivity index (χ1v) is 5.63. The van der Waals surface area contributed by atoms with E-state index in [2.05, 4.69) is 26.0 Å². The summed E-state index contributed by atoms with van der Waals surface area (Å²) in [5.41, 5.74) is -2.11. The summed E-state index contributed by atoms with van der Waals surface area (Å²) in [6.45, 7) is 6.34. The van der Waals surface area contributed by atoms with E-state index in [-0.39, 0.29) is 5.95 Å². The Morgan fingerprint density at radius 3 is 2.26 bits per heavy atom. The topological polar surface area (TPSA) is 122 Å².